The first-order chi connectivity index (χ1) is 10.4. The van der Waals surface area contributed by atoms with Crippen LogP contribution in [0, 0.1) is 17.5 Å². The summed E-state index contributed by atoms with van der Waals surface area (Å²) in [4.78, 5) is 12.3. The summed E-state index contributed by atoms with van der Waals surface area (Å²) < 4.78 is 50.0. The van der Waals surface area contributed by atoms with E-state index in [1.54, 1.807) is 6.92 Å². The fraction of sp³-hybridized carbons (Fsp3) is 0.429. The second kappa shape index (κ2) is 6.51. The third-order valence-corrected chi connectivity index (χ3v) is 3.69. The normalized spacial score (nSPS) is 21.2. The van der Waals surface area contributed by atoms with Crippen LogP contribution in [0.4, 0.5) is 13.2 Å². The van der Waals surface area contributed by atoms with Crippen LogP contribution in [0.2, 0.25) is 0 Å². The number of carbonyl (C=O) groups excluding carboxylic acids is 1. The predicted molar refractivity (Wildman–Crippen MR) is 76.1 cm³/mol. The molecule has 0 bridgehead atoms. The Hall–Kier alpha value is -1.83. The summed E-state index contributed by atoms with van der Waals surface area (Å²) >= 11 is 5.12. The van der Waals surface area contributed by atoms with Crippen molar-refractivity contribution in [3.05, 3.63) is 29.6 Å². The van der Waals surface area contributed by atoms with Gasteiger partial charge in [0.15, 0.2) is 17.5 Å². The number of thiocarbonyl (C=S) groups is 1. The lowest BCUT2D eigenvalue weighted by Gasteiger charge is -2.36. The molecule has 1 fully saturated rings. The number of hydrogen-bond acceptors (Lipinski definition) is 4. The average molecular weight is 333 g/mol. The molecule has 0 amide bonds. The Morgan fingerprint density at radius 3 is 2.55 bits per heavy atom. The first kappa shape index (κ1) is 16.5. The molecule has 2 rings (SSSR count). The molecule has 0 aliphatic carbocycles. The zero-order valence-corrected chi connectivity index (χ0v) is 12.6. The molecule has 0 spiro atoms. The standard InChI is InChI=1S/C14H14F3NO3S/c1-2-20-13(19)14(4-3-5-18-12(14)22)21-8-6-9(15)11(17)10(16)7-8/h6-7H,2-5H2,1H3,(H,18,22). The van der Waals surface area contributed by atoms with Gasteiger partial charge in [-0.2, -0.15) is 0 Å². The van der Waals surface area contributed by atoms with Crippen LogP contribution in [0.3, 0.4) is 0 Å². The summed E-state index contributed by atoms with van der Waals surface area (Å²) in [5.74, 6) is -5.53. The number of hydrogen-bond donors (Lipinski definition) is 1. The molecule has 1 atom stereocenters. The Morgan fingerprint density at radius 1 is 1.36 bits per heavy atom. The fourth-order valence-corrected chi connectivity index (χ4v) is 2.50. The number of esters is 1. The number of ether oxygens (including phenoxy) is 2. The van der Waals surface area contributed by atoms with Crippen LogP contribution in [0.25, 0.3) is 0 Å². The van der Waals surface area contributed by atoms with Crippen molar-refractivity contribution < 1.29 is 27.4 Å². The molecule has 22 heavy (non-hydrogen) atoms. The smallest absolute Gasteiger partial charge is 0.357 e. The fourth-order valence-electron chi connectivity index (χ4n) is 2.17. The van der Waals surface area contributed by atoms with E-state index in [9.17, 15) is 18.0 Å². The molecule has 4 nitrogen and oxygen atoms in total. The van der Waals surface area contributed by atoms with Gasteiger partial charge in [0.1, 0.15) is 10.7 Å². The number of piperidine rings is 1. The van der Waals surface area contributed by atoms with Gasteiger partial charge >= 0.3 is 5.97 Å². The summed E-state index contributed by atoms with van der Waals surface area (Å²) in [6.45, 7) is 2.26. The molecular weight excluding hydrogens is 319 g/mol. The molecule has 1 aliphatic rings. The molecule has 8 heteroatoms. The maximum atomic E-state index is 13.3. The third-order valence-electron chi connectivity index (χ3n) is 3.21. The van der Waals surface area contributed by atoms with Gasteiger partial charge in [0.05, 0.1) is 6.61 Å². The zero-order valence-electron chi connectivity index (χ0n) is 11.8. The van der Waals surface area contributed by atoms with Gasteiger partial charge in [-0.15, -0.1) is 0 Å². The lowest BCUT2D eigenvalue weighted by molar-refractivity contribution is -0.156. The topological polar surface area (TPSA) is 47.6 Å². The summed E-state index contributed by atoms with van der Waals surface area (Å²) in [6.07, 6.45) is 0.739. The second-order valence-corrected chi connectivity index (χ2v) is 5.12. The highest BCUT2D eigenvalue weighted by Gasteiger charge is 2.48. The number of carbonyl (C=O) groups is 1. The number of nitrogens with one attached hydrogen (secondary N) is 1. The van der Waals surface area contributed by atoms with Gasteiger partial charge < -0.3 is 14.8 Å². The molecule has 0 saturated carbocycles. The van der Waals surface area contributed by atoms with Crippen molar-refractivity contribution in [2.75, 3.05) is 13.2 Å². The highest BCUT2D eigenvalue weighted by Crippen LogP contribution is 2.30. The van der Waals surface area contributed by atoms with Gasteiger partial charge in [-0.3, -0.25) is 0 Å². The Balaban J connectivity index is 2.38. The quantitative estimate of drug-likeness (QED) is 0.521. The van der Waals surface area contributed by atoms with Crippen LogP contribution >= 0.6 is 12.2 Å². The Labute approximate surface area is 130 Å². The van der Waals surface area contributed by atoms with Gasteiger partial charge in [-0.25, -0.2) is 18.0 Å². The van der Waals surface area contributed by atoms with Crippen molar-refractivity contribution in [1.82, 2.24) is 5.32 Å². The average Bonchev–Trinajstić information content (AvgIpc) is 2.47. The molecular formula is C14H14F3NO3S. The zero-order chi connectivity index (χ0) is 16.3. The summed E-state index contributed by atoms with van der Waals surface area (Å²) in [6, 6.07) is 1.33. The summed E-state index contributed by atoms with van der Waals surface area (Å²) in [5.41, 5.74) is -1.67. The monoisotopic (exact) mass is 333 g/mol. The SMILES string of the molecule is CCOC(=O)C1(Oc2cc(F)c(F)c(F)c2)CCCNC1=S. The largest absolute Gasteiger partial charge is 0.468 e. The van der Waals surface area contributed by atoms with Crippen LogP contribution in [-0.4, -0.2) is 29.7 Å². The van der Waals surface area contributed by atoms with E-state index < -0.39 is 29.0 Å². The Kier molecular flexibility index (Phi) is 4.90. The molecule has 1 aromatic carbocycles. The molecule has 0 aromatic heterocycles. The minimum atomic E-state index is -1.67. The Morgan fingerprint density at radius 2 is 2.00 bits per heavy atom. The summed E-state index contributed by atoms with van der Waals surface area (Å²) in [7, 11) is 0. The molecule has 0 radical (unpaired) electrons. The van der Waals surface area contributed by atoms with Gasteiger partial charge in [0.2, 0.25) is 0 Å². The van der Waals surface area contributed by atoms with Gasteiger partial charge in [0.25, 0.3) is 5.60 Å². The third kappa shape index (κ3) is 3.01. The number of halogens is 3. The van der Waals surface area contributed by atoms with Gasteiger partial charge in [-0.05, 0) is 13.3 Å². The second-order valence-electron chi connectivity index (χ2n) is 4.71. The van der Waals surface area contributed by atoms with E-state index in [4.69, 9.17) is 21.7 Å². The van der Waals surface area contributed by atoms with E-state index in [0.717, 1.165) is 0 Å². The molecule has 1 aromatic rings. The molecule has 1 heterocycles. The van der Waals surface area contributed by atoms with E-state index in [2.05, 4.69) is 5.32 Å². The molecule has 120 valence electrons. The minimum Gasteiger partial charge on any atom is -0.468 e. The molecule has 1 N–H and O–H groups in total. The summed E-state index contributed by atoms with van der Waals surface area (Å²) in [5, 5.41) is 2.82. The van der Waals surface area contributed by atoms with Crippen molar-refractivity contribution in [3.8, 4) is 5.75 Å². The van der Waals surface area contributed by atoms with Crippen LogP contribution < -0.4 is 10.1 Å². The first-order valence-electron chi connectivity index (χ1n) is 6.70. The van der Waals surface area contributed by atoms with Crippen LogP contribution in [0.5, 0.6) is 5.75 Å². The van der Waals surface area contributed by atoms with Crippen molar-refractivity contribution >= 4 is 23.2 Å². The lowest BCUT2D eigenvalue weighted by atomic mass is 9.93. The minimum absolute atomic E-state index is 0.0716. The molecule has 1 aliphatic heterocycles. The van der Waals surface area contributed by atoms with Crippen molar-refractivity contribution in [1.29, 1.82) is 0 Å². The van der Waals surface area contributed by atoms with Crippen molar-refractivity contribution in [3.63, 3.8) is 0 Å². The van der Waals surface area contributed by atoms with Gasteiger partial charge in [0, 0.05) is 25.1 Å². The van der Waals surface area contributed by atoms with E-state index in [1.807, 2.05) is 0 Å². The van der Waals surface area contributed by atoms with E-state index >= 15 is 0 Å². The van der Waals surface area contributed by atoms with Crippen molar-refractivity contribution in [2.24, 2.45) is 0 Å². The van der Waals surface area contributed by atoms with Crippen LogP contribution in [0.1, 0.15) is 19.8 Å². The van der Waals surface area contributed by atoms with E-state index in [0.29, 0.717) is 25.1 Å². The molecule has 1 unspecified atom stereocenters. The number of benzene rings is 1. The maximum Gasteiger partial charge on any atom is 0.357 e. The van der Waals surface area contributed by atoms with Crippen LogP contribution in [-0.2, 0) is 9.53 Å². The van der Waals surface area contributed by atoms with E-state index in [1.165, 1.54) is 0 Å². The van der Waals surface area contributed by atoms with E-state index in [-0.39, 0.29) is 23.8 Å². The van der Waals surface area contributed by atoms with Gasteiger partial charge in [-0.1, -0.05) is 12.2 Å². The number of rotatable bonds is 4. The highest BCUT2D eigenvalue weighted by molar-refractivity contribution is 7.80. The highest BCUT2D eigenvalue weighted by atomic mass is 32.1. The lowest BCUT2D eigenvalue weighted by Crippen LogP contribution is -2.59. The predicted octanol–water partition coefficient (Wildman–Crippen LogP) is 2.50. The first-order valence-corrected chi connectivity index (χ1v) is 7.10. The maximum absolute atomic E-state index is 13.3. The Bertz CT molecular complexity index is 588. The van der Waals surface area contributed by atoms with Crippen molar-refractivity contribution in [2.45, 2.75) is 25.4 Å². The van der Waals surface area contributed by atoms with Crippen LogP contribution in [0.15, 0.2) is 12.1 Å². The molecule has 1 saturated heterocycles.